The van der Waals surface area contributed by atoms with Crippen molar-refractivity contribution in [2.45, 2.75) is 69.0 Å². The molecule has 3 fully saturated rings. The van der Waals surface area contributed by atoms with E-state index in [1.54, 1.807) is 22.5 Å². The Morgan fingerprint density at radius 2 is 1.84 bits per heavy atom. The van der Waals surface area contributed by atoms with Crippen molar-refractivity contribution >= 4 is 33.0 Å². The summed E-state index contributed by atoms with van der Waals surface area (Å²) in [6.45, 7) is 3.72. The Hall–Kier alpha value is -2.46. The van der Waals surface area contributed by atoms with Gasteiger partial charge in [0.15, 0.2) is 0 Å². The lowest BCUT2D eigenvalue weighted by Crippen LogP contribution is -2.52. The first-order valence-corrected chi connectivity index (χ1v) is 12.4. The molecule has 0 unspecified atom stereocenters. The van der Waals surface area contributed by atoms with Crippen LogP contribution in [-0.4, -0.2) is 57.7 Å². The Bertz CT molecular complexity index is 1160. The molecule has 0 bridgehead atoms. The maximum Gasteiger partial charge on any atom is 0.325 e. The van der Waals surface area contributed by atoms with Crippen molar-refractivity contribution in [2.75, 3.05) is 13.1 Å². The van der Waals surface area contributed by atoms with E-state index in [1.807, 2.05) is 11.5 Å². The van der Waals surface area contributed by atoms with Gasteiger partial charge in [-0.15, -0.1) is 0 Å². The topological polar surface area (TPSA) is 105 Å². The third kappa shape index (κ3) is 3.15. The summed E-state index contributed by atoms with van der Waals surface area (Å²) >= 11 is 0. The van der Waals surface area contributed by atoms with E-state index >= 15 is 0 Å². The first-order valence-electron chi connectivity index (χ1n) is 11.0. The quantitative estimate of drug-likeness (QED) is 0.711. The fourth-order valence-electron chi connectivity index (χ4n) is 4.88. The van der Waals surface area contributed by atoms with Gasteiger partial charge in [0, 0.05) is 19.6 Å². The van der Waals surface area contributed by atoms with Crippen molar-refractivity contribution in [1.82, 2.24) is 24.1 Å². The number of carbonyl (C=O) groups excluding carboxylic acids is 2. The van der Waals surface area contributed by atoms with Gasteiger partial charge < -0.3 is 9.88 Å². The van der Waals surface area contributed by atoms with E-state index in [2.05, 4.69) is 10.3 Å². The predicted molar refractivity (Wildman–Crippen MR) is 114 cm³/mol. The Morgan fingerprint density at radius 3 is 2.45 bits per heavy atom. The van der Waals surface area contributed by atoms with E-state index < -0.39 is 15.6 Å². The van der Waals surface area contributed by atoms with Crippen LogP contribution in [0.4, 0.5) is 4.79 Å². The highest BCUT2D eigenvalue weighted by molar-refractivity contribution is 7.89. The molecule has 31 heavy (non-hydrogen) atoms. The van der Waals surface area contributed by atoms with Crippen LogP contribution in [0.15, 0.2) is 23.1 Å². The molecular formula is C21H27N5O4S. The molecule has 1 aromatic carbocycles. The largest absolute Gasteiger partial charge is 0.327 e. The molecule has 10 heteroatoms. The summed E-state index contributed by atoms with van der Waals surface area (Å²) < 4.78 is 29.6. The molecule has 1 saturated carbocycles. The Labute approximate surface area is 181 Å². The van der Waals surface area contributed by atoms with Crippen molar-refractivity contribution in [3.05, 3.63) is 24.0 Å². The van der Waals surface area contributed by atoms with Crippen LogP contribution in [0.25, 0.3) is 11.0 Å². The van der Waals surface area contributed by atoms with Gasteiger partial charge in [0.2, 0.25) is 10.0 Å². The lowest BCUT2D eigenvalue weighted by atomic mass is 9.77. The molecule has 5 rings (SSSR count). The maximum atomic E-state index is 13.1. The van der Waals surface area contributed by atoms with Crippen LogP contribution < -0.4 is 5.32 Å². The number of piperidine rings is 1. The SMILES string of the molecule is CCn1c(CN2C(=O)NC3(CCC3)C2=O)nc2cc(S(=O)(=O)N3CCCCC3)ccc21. The van der Waals surface area contributed by atoms with E-state index in [0.29, 0.717) is 43.8 Å². The number of amides is 3. The average molecular weight is 446 g/mol. The number of rotatable bonds is 5. The van der Waals surface area contributed by atoms with Gasteiger partial charge in [0.1, 0.15) is 11.4 Å². The molecule has 2 aliphatic heterocycles. The third-order valence-corrected chi connectivity index (χ3v) is 8.71. The number of benzene rings is 1. The van der Waals surface area contributed by atoms with Crippen molar-refractivity contribution < 1.29 is 18.0 Å². The number of sulfonamides is 1. The van der Waals surface area contributed by atoms with Crippen molar-refractivity contribution in [3.63, 3.8) is 0 Å². The van der Waals surface area contributed by atoms with Gasteiger partial charge in [0.05, 0.1) is 22.5 Å². The second kappa shape index (κ2) is 7.30. The molecule has 166 valence electrons. The molecule has 3 heterocycles. The summed E-state index contributed by atoms with van der Waals surface area (Å²) in [6.07, 6.45) is 5.10. The van der Waals surface area contributed by atoms with Crippen LogP contribution in [0.2, 0.25) is 0 Å². The lowest BCUT2D eigenvalue weighted by molar-refractivity contribution is -0.134. The number of nitrogens with one attached hydrogen (secondary N) is 1. The number of carbonyl (C=O) groups is 2. The maximum absolute atomic E-state index is 13.1. The predicted octanol–water partition coefficient (Wildman–Crippen LogP) is 2.21. The van der Waals surface area contributed by atoms with Gasteiger partial charge in [-0.25, -0.2) is 18.2 Å². The number of urea groups is 1. The molecule has 0 radical (unpaired) electrons. The van der Waals surface area contributed by atoms with Gasteiger partial charge in [0.25, 0.3) is 5.91 Å². The van der Waals surface area contributed by atoms with Crippen LogP contribution in [-0.2, 0) is 27.9 Å². The lowest BCUT2D eigenvalue weighted by Gasteiger charge is -2.34. The molecule has 1 aliphatic carbocycles. The summed E-state index contributed by atoms with van der Waals surface area (Å²) in [5, 5.41) is 2.84. The van der Waals surface area contributed by atoms with Crippen LogP contribution in [0.3, 0.4) is 0 Å². The minimum absolute atomic E-state index is 0.0726. The number of nitrogens with zero attached hydrogens (tertiary/aromatic N) is 4. The van der Waals surface area contributed by atoms with Gasteiger partial charge in [-0.1, -0.05) is 6.42 Å². The van der Waals surface area contributed by atoms with Gasteiger partial charge >= 0.3 is 6.03 Å². The van der Waals surface area contributed by atoms with Crippen LogP contribution in [0.1, 0.15) is 51.3 Å². The van der Waals surface area contributed by atoms with Crippen LogP contribution >= 0.6 is 0 Å². The Kier molecular flexibility index (Phi) is 4.82. The number of imidazole rings is 1. The molecule has 0 atom stereocenters. The fourth-order valence-corrected chi connectivity index (χ4v) is 6.42. The summed E-state index contributed by atoms with van der Waals surface area (Å²) in [7, 11) is -3.56. The summed E-state index contributed by atoms with van der Waals surface area (Å²) in [5.41, 5.74) is 0.622. The highest BCUT2D eigenvalue weighted by Gasteiger charge is 2.54. The molecule has 1 spiro atoms. The summed E-state index contributed by atoms with van der Waals surface area (Å²) in [4.78, 5) is 31.4. The highest BCUT2D eigenvalue weighted by Crippen LogP contribution is 2.37. The summed E-state index contributed by atoms with van der Waals surface area (Å²) in [6, 6.07) is 4.62. The van der Waals surface area contributed by atoms with E-state index in [9.17, 15) is 18.0 Å². The van der Waals surface area contributed by atoms with Crippen molar-refractivity contribution in [3.8, 4) is 0 Å². The van der Waals surface area contributed by atoms with Gasteiger partial charge in [-0.2, -0.15) is 4.31 Å². The second-order valence-electron chi connectivity index (χ2n) is 8.64. The molecule has 1 N–H and O–H groups in total. The monoisotopic (exact) mass is 445 g/mol. The Balaban J connectivity index is 1.47. The zero-order chi connectivity index (χ0) is 21.8. The standard InChI is InChI=1S/C21H27N5O4S/c1-2-25-17-8-7-15(31(29,30)24-11-4-3-5-12-24)13-16(17)22-18(25)14-26-19(27)21(9-6-10-21)23-20(26)28/h7-8,13H,2-6,9-12,14H2,1H3,(H,23,28). The molecule has 1 aromatic heterocycles. The van der Waals surface area contributed by atoms with Gasteiger partial charge in [-0.05, 0) is 57.2 Å². The van der Waals surface area contributed by atoms with Gasteiger partial charge in [-0.3, -0.25) is 9.69 Å². The summed E-state index contributed by atoms with van der Waals surface area (Å²) in [5.74, 6) is 0.386. The third-order valence-electron chi connectivity index (χ3n) is 6.82. The van der Waals surface area contributed by atoms with Crippen LogP contribution in [0, 0.1) is 0 Å². The zero-order valence-corrected chi connectivity index (χ0v) is 18.4. The van der Waals surface area contributed by atoms with Crippen LogP contribution in [0.5, 0.6) is 0 Å². The number of fused-ring (bicyclic) bond motifs is 1. The minimum Gasteiger partial charge on any atom is -0.327 e. The molecule has 3 amide bonds. The van der Waals surface area contributed by atoms with Crippen molar-refractivity contribution in [2.24, 2.45) is 0 Å². The minimum atomic E-state index is -3.56. The first-order chi connectivity index (χ1) is 14.9. The number of hydrogen-bond acceptors (Lipinski definition) is 5. The normalized spacial score (nSPS) is 21.6. The van der Waals surface area contributed by atoms with Crippen molar-refractivity contribution in [1.29, 1.82) is 0 Å². The smallest absolute Gasteiger partial charge is 0.325 e. The number of imide groups is 1. The van der Waals surface area contributed by atoms with E-state index in [0.717, 1.165) is 31.2 Å². The van der Waals surface area contributed by atoms with E-state index in [-0.39, 0.29) is 23.4 Å². The number of aromatic nitrogens is 2. The average Bonchev–Trinajstić information content (AvgIpc) is 3.23. The van der Waals surface area contributed by atoms with E-state index in [4.69, 9.17) is 0 Å². The second-order valence-corrected chi connectivity index (χ2v) is 10.6. The number of hydrogen-bond donors (Lipinski definition) is 1. The first kappa shape index (κ1) is 20.4. The molecular weight excluding hydrogens is 418 g/mol. The zero-order valence-electron chi connectivity index (χ0n) is 17.6. The molecule has 2 saturated heterocycles. The fraction of sp³-hybridized carbons (Fsp3) is 0.571. The highest BCUT2D eigenvalue weighted by atomic mass is 32.2. The Morgan fingerprint density at radius 1 is 1.10 bits per heavy atom. The molecule has 2 aromatic rings. The molecule has 3 aliphatic rings. The molecule has 9 nitrogen and oxygen atoms in total. The number of aryl methyl sites for hydroxylation is 1. The van der Waals surface area contributed by atoms with E-state index in [1.165, 1.54) is 4.90 Å².